The van der Waals surface area contributed by atoms with Gasteiger partial charge in [0.2, 0.25) is 5.91 Å². The van der Waals surface area contributed by atoms with E-state index in [0.717, 1.165) is 18.7 Å². The first-order valence-electron chi connectivity index (χ1n) is 6.80. The molecule has 0 bridgehead atoms. The fourth-order valence-corrected chi connectivity index (χ4v) is 2.75. The van der Waals surface area contributed by atoms with Crippen LogP contribution in [0.1, 0.15) is 38.7 Å². The standard InChI is InChI=1S/C15H24N2OS/c1-4-17-14(15(16)18)9-10-19-13-7-5-12(6-8-13)11(2)3/h5-8,11,14,17H,4,9-10H2,1-3H3,(H2,16,18). The molecular weight excluding hydrogens is 256 g/mol. The zero-order valence-electron chi connectivity index (χ0n) is 12.0. The molecule has 1 atom stereocenters. The van der Waals surface area contributed by atoms with Gasteiger partial charge in [-0.2, -0.15) is 0 Å². The molecule has 3 N–H and O–H groups in total. The van der Waals surface area contributed by atoms with Gasteiger partial charge in [0.1, 0.15) is 0 Å². The molecule has 1 aromatic carbocycles. The second-order valence-corrected chi connectivity index (χ2v) is 6.04. The Labute approximate surface area is 120 Å². The largest absolute Gasteiger partial charge is 0.368 e. The molecule has 0 fully saturated rings. The van der Waals surface area contributed by atoms with Gasteiger partial charge in [-0.25, -0.2) is 0 Å². The van der Waals surface area contributed by atoms with Crippen LogP contribution in [0, 0.1) is 0 Å². The lowest BCUT2D eigenvalue weighted by Crippen LogP contribution is -2.41. The second kappa shape index (κ2) is 8.23. The number of hydrogen-bond acceptors (Lipinski definition) is 3. The summed E-state index contributed by atoms with van der Waals surface area (Å²) in [4.78, 5) is 12.4. The minimum Gasteiger partial charge on any atom is -0.368 e. The van der Waals surface area contributed by atoms with Crippen LogP contribution in [-0.4, -0.2) is 24.2 Å². The van der Waals surface area contributed by atoms with Gasteiger partial charge in [0.15, 0.2) is 0 Å². The van der Waals surface area contributed by atoms with Gasteiger partial charge in [-0.15, -0.1) is 11.8 Å². The maximum absolute atomic E-state index is 11.2. The molecule has 1 aromatic rings. The third-order valence-electron chi connectivity index (χ3n) is 3.02. The molecule has 0 saturated carbocycles. The van der Waals surface area contributed by atoms with Crippen molar-refractivity contribution in [3.63, 3.8) is 0 Å². The van der Waals surface area contributed by atoms with Gasteiger partial charge in [0.25, 0.3) is 0 Å². The van der Waals surface area contributed by atoms with Gasteiger partial charge < -0.3 is 11.1 Å². The normalized spacial score (nSPS) is 12.6. The first kappa shape index (κ1) is 16.1. The number of benzene rings is 1. The number of carbonyl (C=O) groups is 1. The highest BCUT2D eigenvalue weighted by atomic mass is 32.2. The maximum Gasteiger partial charge on any atom is 0.234 e. The predicted molar refractivity (Wildman–Crippen MR) is 82.5 cm³/mol. The van der Waals surface area contributed by atoms with Crippen molar-refractivity contribution in [2.75, 3.05) is 12.3 Å². The summed E-state index contributed by atoms with van der Waals surface area (Å²) in [6.45, 7) is 7.13. The molecule has 0 aromatic heterocycles. The van der Waals surface area contributed by atoms with Gasteiger partial charge in [-0.05, 0) is 42.3 Å². The molecule has 1 unspecified atom stereocenters. The number of likely N-dealkylation sites (N-methyl/N-ethyl adjacent to an activating group) is 1. The van der Waals surface area contributed by atoms with Crippen molar-refractivity contribution in [1.82, 2.24) is 5.32 Å². The number of amides is 1. The van der Waals surface area contributed by atoms with E-state index in [9.17, 15) is 4.79 Å². The molecule has 4 heteroatoms. The zero-order chi connectivity index (χ0) is 14.3. The Bertz CT molecular complexity index is 390. The van der Waals surface area contributed by atoms with Crippen LogP contribution in [-0.2, 0) is 4.79 Å². The van der Waals surface area contributed by atoms with Gasteiger partial charge >= 0.3 is 0 Å². The van der Waals surface area contributed by atoms with E-state index in [1.54, 1.807) is 11.8 Å². The van der Waals surface area contributed by atoms with Crippen molar-refractivity contribution in [2.45, 2.75) is 44.0 Å². The van der Waals surface area contributed by atoms with E-state index in [2.05, 4.69) is 43.4 Å². The predicted octanol–water partition coefficient (Wildman–Crippen LogP) is 2.76. The summed E-state index contributed by atoms with van der Waals surface area (Å²) in [6, 6.07) is 8.41. The van der Waals surface area contributed by atoms with E-state index in [1.165, 1.54) is 10.5 Å². The van der Waals surface area contributed by atoms with E-state index >= 15 is 0 Å². The first-order chi connectivity index (χ1) is 9.04. The Hall–Kier alpha value is -1.00. The number of thioether (sulfide) groups is 1. The minimum atomic E-state index is -0.266. The monoisotopic (exact) mass is 280 g/mol. The molecule has 0 radical (unpaired) electrons. The lowest BCUT2D eigenvalue weighted by atomic mass is 10.0. The molecule has 0 saturated heterocycles. The van der Waals surface area contributed by atoms with E-state index in [-0.39, 0.29) is 11.9 Å². The molecule has 19 heavy (non-hydrogen) atoms. The second-order valence-electron chi connectivity index (χ2n) is 4.87. The van der Waals surface area contributed by atoms with E-state index in [4.69, 9.17) is 5.73 Å². The van der Waals surface area contributed by atoms with Crippen LogP contribution in [0.4, 0.5) is 0 Å². The van der Waals surface area contributed by atoms with Crippen LogP contribution in [0.2, 0.25) is 0 Å². The Morgan fingerprint density at radius 2 is 1.95 bits per heavy atom. The highest BCUT2D eigenvalue weighted by molar-refractivity contribution is 7.99. The van der Waals surface area contributed by atoms with Crippen LogP contribution in [0.25, 0.3) is 0 Å². The van der Waals surface area contributed by atoms with Gasteiger partial charge in [0.05, 0.1) is 6.04 Å². The van der Waals surface area contributed by atoms with Crippen molar-refractivity contribution in [2.24, 2.45) is 5.73 Å². The molecule has 0 spiro atoms. The molecule has 3 nitrogen and oxygen atoms in total. The quantitative estimate of drug-likeness (QED) is 0.720. The molecule has 1 amide bonds. The van der Waals surface area contributed by atoms with E-state index in [1.807, 2.05) is 6.92 Å². The topological polar surface area (TPSA) is 55.1 Å². The van der Waals surface area contributed by atoms with Crippen LogP contribution >= 0.6 is 11.8 Å². The lowest BCUT2D eigenvalue weighted by molar-refractivity contribution is -0.120. The summed E-state index contributed by atoms with van der Waals surface area (Å²) in [5, 5.41) is 3.10. The zero-order valence-corrected chi connectivity index (χ0v) is 12.8. The van der Waals surface area contributed by atoms with Crippen molar-refractivity contribution < 1.29 is 4.79 Å². The van der Waals surface area contributed by atoms with Crippen LogP contribution in [0.15, 0.2) is 29.2 Å². The molecular formula is C15H24N2OS. The van der Waals surface area contributed by atoms with Crippen molar-refractivity contribution in [3.8, 4) is 0 Å². The fraction of sp³-hybridized carbons (Fsp3) is 0.533. The number of carbonyl (C=O) groups excluding carboxylic acids is 1. The van der Waals surface area contributed by atoms with Gasteiger partial charge in [-0.1, -0.05) is 32.9 Å². The SMILES string of the molecule is CCNC(CCSc1ccc(C(C)C)cc1)C(N)=O. The third-order valence-corrected chi connectivity index (χ3v) is 4.06. The van der Waals surface area contributed by atoms with Crippen LogP contribution in [0.5, 0.6) is 0 Å². The van der Waals surface area contributed by atoms with Gasteiger partial charge in [0, 0.05) is 4.90 Å². The summed E-state index contributed by atoms with van der Waals surface area (Å²) in [5.41, 5.74) is 6.70. The summed E-state index contributed by atoms with van der Waals surface area (Å²) in [5.74, 6) is 1.19. The molecule has 0 heterocycles. The maximum atomic E-state index is 11.2. The van der Waals surface area contributed by atoms with Crippen molar-refractivity contribution in [1.29, 1.82) is 0 Å². The van der Waals surface area contributed by atoms with Crippen LogP contribution in [0.3, 0.4) is 0 Å². The molecule has 106 valence electrons. The molecule has 0 aliphatic carbocycles. The highest BCUT2D eigenvalue weighted by Gasteiger charge is 2.13. The summed E-state index contributed by atoms with van der Waals surface area (Å²) >= 11 is 1.76. The van der Waals surface area contributed by atoms with Crippen molar-refractivity contribution in [3.05, 3.63) is 29.8 Å². The number of primary amides is 1. The average Bonchev–Trinajstić information content (AvgIpc) is 2.38. The molecule has 0 aliphatic rings. The Kier molecular flexibility index (Phi) is 6.95. The van der Waals surface area contributed by atoms with Gasteiger partial charge in [-0.3, -0.25) is 4.79 Å². The minimum absolute atomic E-state index is 0.215. The average molecular weight is 280 g/mol. The Balaban J connectivity index is 2.41. The number of nitrogens with two attached hydrogens (primary N) is 1. The fourth-order valence-electron chi connectivity index (χ4n) is 1.83. The molecule has 1 rings (SSSR count). The summed E-state index contributed by atoms with van der Waals surface area (Å²) < 4.78 is 0. The smallest absolute Gasteiger partial charge is 0.234 e. The number of nitrogens with one attached hydrogen (secondary N) is 1. The number of rotatable bonds is 8. The summed E-state index contributed by atoms with van der Waals surface area (Å²) in [7, 11) is 0. The highest BCUT2D eigenvalue weighted by Crippen LogP contribution is 2.22. The van der Waals surface area contributed by atoms with E-state index < -0.39 is 0 Å². The summed E-state index contributed by atoms with van der Waals surface area (Å²) in [6.07, 6.45) is 0.764. The van der Waals surface area contributed by atoms with Crippen molar-refractivity contribution >= 4 is 17.7 Å². The first-order valence-corrected chi connectivity index (χ1v) is 7.78. The Morgan fingerprint density at radius 1 is 1.32 bits per heavy atom. The third kappa shape index (κ3) is 5.66. The van der Waals surface area contributed by atoms with E-state index in [0.29, 0.717) is 5.92 Å². The lowest BCUT2D eigenvalue weighted by Gasteiger charge is -2.13. The molecule has 0 aliphatic heterocycles. The number of hydrogen-bond donors (Lipinski definition) is 2. The Morgan fingerprint density at radius 3 is 2.42 bits per heavy atom. The van der Waals surface area contributed by atoms with Crippen LogP contribution < -0.4 is 11.1 Å².